The summed E-state index contributed by atoms with van der Waals surface area (Å²) in [7, 11) is 0. The molecule has 9 nitrogen and oxygen atoms in total. The molecule has 4 amide bonds. The third-order valence-electron chi connectivity index (χ3n) is 10.4. The van der Waals surface area contributed by atoms with Gasteiger partial charge < -0.3 is 20.3 Å². The molecule has 2 atom stereocenters. The minimum absolute atomic E-state index is 0.0486. The van der Waals surface area contributed by atoms with Crippen LogP contribution >= 0.6 is 11.6 Å². The molecular formula is C43H57ClN4O5. The number of carbonyl (C=O) groups excluding carboxylic acids is 4. The van der Waals surface area contributed by atoms with E-state index in [2.05, 4.69) is 77.3 Å². The maximum absolute atomic E-state index is 14.0. The van der Waals surface area contributed by atoms with Gasteiger partial charge >= 0.3 is 6.03 Å². The molecule has 0 aromatic heterocycles. The fraction of sp³-hybridized carbons (Fsp3) is 0.488. The first kappa shape index (κ1) is 41.4. The van der Waals surface area contributed by atoms with Gasteiger partial charge in [-0.3, -0.25) is 14.4 Å². The van der Waals surface area contributed by atoms with Crippen molar-refractivity contribution in [2.75, 3.05) is 23.7 Å². The Kier molecular flexibility index (Phi) is 12.8. The van der Waals surface area contributed by atoms with E-state index < -0.39 is 34.0 Å². The van der Waals surface area contributed by atoms with Gasteiger partial charge in [-0.15, -0.1) is 0 Å². The second-order valence-electron chi connectivity index (χ2n) is 16.4. The molecule has 0 aliphatic carbocycles. The zero-order valence-corrected chi connectivity index (χ0v) is 33.8. The van der Waals surface area contributed by atoms with E-state index in [4.69, 9.17) is 16.3 Å². The van der Waals surface area contributed by atoms with Gasteiger partial charge in [0.25, 0.3) is 16.8 Å². The lowest BCUT2D eigenvalue weighted by Crippen LogP contribution is -2.63. The van der Waals surface area contributed by atoms with Crippen LogP contribution in [0, 0.1) is 5.41 Å². The van der Waals surface area contributed by atoms with Crippen LogP contribution in [0.2, 0.25) is 0 Å². The average Bonchev–Trinajstić information content (AvgIpc) is 3.39. The van der Waals surface area contributed by atoms with E-state index >= 15 is 0 Å². The van der Waals surface area contributed by atoms with Gasteiger partial charge in [0, 0.05) is 41.9 Å². The second-order valence-corrected chi connectivity index (χ2v) is 17.0. The Morgan fingerprint density at radius 3 is 2.11 bits per heavy atom. The van der Waals surface area contributed by atoms with Crippen molar-refractivity contribution in [3.8, 4) is 5.75 Å². The predicted octanol–water partition coefficient (Wildman–Crippen LogP) is 9.28. The van der Waals surface area contributed by atoms with Gasteiger partial charge in [-0.1, -0.05) is 122 Å². The number of hydrogen-bond acceptors (Lipinski definition) is 6. The van der Waals surface area contributed by atoms with Gasteiger partial charge in [0.1, 0.15) is 12.3 Å². The highest BCUT2D eigenvalue weighted by Crippen LogP contribution is 2.39. The van der Waals surface area contributed by atoms with Crippen molar-refractivity contribution in [3.05, 3.63) is 89.5 Å². The Balaban J connectivity index is 1.46. The number of anilines is 2. The zero-order valence-electron chi connectivity index (χ0n) is 33.1. The summed E-state index contributed by atoms with van der Waals surface area (Å²) in [6.07, 6.45) is 2.64. The molecule has 1 aliphatic rings. The maximum atomic E-state index is 14.0. The molecule has 1 heterocycles. The van der Waals surface area contributed by atoms with E-state index in [-0.39, 0.29) is 30.0 Å². The lowest BCUT2D eigenvalue weighted by Gasteiger charge is -2.36. The number of nitrogens with zero attached hydrogens (tertiary/aromatic N) is 2. The van der Waals surface area contributed by atoms with E-state index in [0.29, 0.717) is 23.6 Å². The van der Waals surface area contributed by atoms with Gasteiger partial charge in [0.2, 0.25) is 0 Å². The topological polar surface area (TPSA) is 108 Å². The molecule has 4 rings (SSSR count). The minimum atomic E-state index is -2.61. The van der Waals surface area contributed by atoms with E-state index in [1.807, 2.05) is 36.4 Å². The van der Waals surface area contributed by atoms with Crippen molar-refractivity contribution in [1.29, 1.82) is 0 Å². The molecule has 10 heteroatoms. The molecule has 0 radical (unpaired) electrons. The summed E-state index contributed by atoms with van der Waals surface area (Å²) >= 11 is 6.92. The highest BCUT2D eigenvalue weighted by molar-refractivity contribution is 6.50. The Bertz CT molecular complexity index is 1800. The number of Topliss-reactive ketones (excluding diaryl/α,β-unsaturated/α-hetero) is 1. The molecule has 1 aliphatic heterocycles. The van der Waals surface area contributed by atoms with Crippen LogP contribution in [0.3, 0.4) is 0 Å². The second kappa shape index (κ2) is 16.3. The summed E-state index contributed by atoms with van der Waals surface area (Å²) in [5, 5.41) is 6.11. The lowest BCUT2D eigenvalue weighted by molar-refractivity contribution is -0.145. The SMILES string of the molecule is CCC(C)(C)c1ccc(OC(C)CCNc2cccc(NC(=O)C(Cl)(C(=O)C(C)(C)C)N3C(=O)CN(Cc4ccccc4)C3=O)c2)c(C(C)(C)CC)c1. The zero-order chi connectivity index (χ0) is 39.4. The Morgan fingerprint density at radius 2 is 1.49 bits per heavy atom. The third-order valence-corrected chi connectivity index (χ3v) is 10.9. The first-order valence-electron chi connectivity index (χ1n) is 18.6. The van der Waals surface area contributed by atoms with Gasteiger partial charge in [-0.2, -0.15) is 0 Å². The molecule has 1 saturated heterocycles. The number of imide groups is 1. The number of ketones is 1. The van der Waals surface area contributed by atoms with Crippen LogP contribution in [0.4, 0.5) is 16.2 Å². The molecule has 286 valence electrons. The van der Waals surface area contributed by atoms with Crippen LogP contribution in [0.1, 0.15) is 105 Å². The lowest BCUT2D eigenvalue weighted by atomic mass is 9.76. The molecule has 3 aromatic rings. The highest BCUT2D eigenvalue weighted by atomic mass is 35.5. The Hall–Kier alpha value is -4.37. The van der Waals surface area contributed by atoms with E-state index in [9.17, 15) is 19.2 Å². The predicted molar refractivity (Wildman–Crippen MR) is 213 cm³/mol. The number of urea groups is 1. The number of amides is 4. The van der Waals surface area contributed by atoms with Crippen LogP contribution < -0.4 is 15.4 Å². The molecule has 0 bridgehead atoms. The van der Waals surface area contributed by atoms with Crippen molar-refractivity contribution >= 4 is 46.6 Å². The molecule has 53 heavy (non-hydrogen) atoms. The van der Waals surface area contributed by atoms with Crippen LogP contribution in [-0.2, 0) is 31.8 Å². The van der Waals surface area contributed by atoms with Gasteiger partial charge in [-0.05, 0) is 66.0 Å². The highest BCUT2D eigenvalue weighted by Gasteiger charge is 2.60. The summed E-state index contributed by atoms with van der Waals surface area (Å²) in [5.41, 5.74) is 3.25. The standard InChI is InChI=1S/C43H57ClN4O5/c1-11-41(7,8)31-21-22-35(34(25-31)42(9,10)12-2)53-29(3)23-24-45-32-19-16-20-33(26-32)46-38(51)43(44,37(50)40(4,5)6)48-36(49)28-47(39(48)52)27-30-17-14-13-15-18-30/h13-22,25-26,29,45H,11-12,23-24,27-28H2,1-10H3,(H,46,51). The summed E-state index contributed by atoms with van der Waals surface area (Å²) in [6, 6.07) is 21.9. The van der Waals surface area contributed by atoms with E-state index in [1.54, 1.807) is 39.0 Å². The molecular weight excluding hydrogens is 688 g/mol. The fourth-order valence-corrected chi connectivity index (χ4v) is 6.67. The van der Waals surface area contributed by atoms with Crippen LogP contribution in [-0.4, -0.2) is 57.6 Å². The van der Waals surface area contributed by atoms with Crippen LogP contribution in [0.25, 0.3) is 0 Å². The maximum Gasteiger partial charge on any atom is 0.329 e. The normalized spacial score (nSPS) is 15.6. The fourth-order valence-electron chi connectivity index (χ4n) is 6.18. The largest absolute Gasteiger partial charge is 0.490 e. The number of ether oxygens (including phenoxy) is 1. The number of benzene rings is 3. The molecule has 0 saturated carbocycles. The summed E-state index contributed by atoms with van der Waals surface area (Å²) in [5.74, 6) is -1.59. The van der Waals surface area contributed by atoms with Crippen molar-refractivity contribution < 1.29 is 23.9 Å². The minimum Gasteiger partial charge on any atom is -0.490 e. The molecule has 1 fully saturated rings. The first-order valence-corrected chi connectivity index (χ1v) is 19.0. The third kappa shape index (κ3) is 9.42. The van der Waals surface area contributed by atoms with Crippen molar-refractivity contribution in [2.45, 2.75) is 117 Å². The summed E-state index contributed by atoms with van der Waals surface area (Å²) < 4.78 is 6.54. The Labute approximate surface area is 320 Å². The Morgan fingerprint density at radius 1 is 0.849 bits per heavy atom. The van der Waals surface area contributed by atoms with Gasteiger partial charge in [0.15, 0.2) is 5.78 Å². The number of alkyl halides is 1. The monoisotopic (exact) mass is 744 g/mol. The smallest absolute Gasteiger partial charge is 0.329 e. The summed E-state index contributed by atoms with van der Waals surface area (Å²) in [4.78, 5) is 54.1. The van der Waals surface area contributed by atoms with Crippen molar-refractivity contribution in [2.24, 2.45) is 5.41 Å². The van der Waals surface area contributed by atoms with Gasteiger partial charge in [0.05, 0.1) is 6.10 Å². The van der Waals surface area contributed by atoms with Crippen molar-refractivity contribution in [1.82, 2.24) is 9.80 Å². The quantitative estimate of drug-likeness (QED) is 0.0655. The van der Waals surface area contributed by atoms with Gasteiger partial charge in [-0.25, -0.2) is 9.69 Å². The van der Waals surface area contributed by atoms with Crippen LogP contribution in [0.15, 0.2) is 72.8 Å². The van der Waals surface area contributed by atoms with Crippen LogP contribution in [0.5, 0.6) is 5.75 Å². The van der Waals surface area contributed by atoms with E-state index in [1.165, 1.54) is 16.0 Å². The van der Waals surface area contributed by atoms with Crippen molar-refractivity contribution in [3.63, 3.8) is 0 Å². The molecule has 0 spiro atoms. The molecule has 3 aromatic carbocycles. The number of rotatable bonds is 16. The number of hydrogen-bond donors (Lipinski definition) is 2. The average molecular weight is 745 g/mol. The van der Waals surface area contributed by atoms with E-state index in [0.717, 1.165) is 29.8 Å². The summed E-state index contributed by atoms with van der Waals surface area (Å²) in [6.45, 7) is 20.7. The first-order chi connectivity index (χ1) is 24.7. The number of halogens is 1. The molecule has 2 unspecified atom stereocenters. The number of nitrogens with one attached hydrogen (secondary N) is 2. The number of carbonyl (C=O) groups is 4. The molecule has 2 N–H and O–H groups in total.